The molecule has 1 heterocycles. The van der Waals surface area contributed by atoms with E-state index in [1.54, 1.807) is 4.90 Å². The summed E-state index contributed by atoms with van der Waals surface area (Å²) in [6, 6.07) is 11.9. The molecule has 0 spiro atoms. The van der Waals surface area contributed by atoms with Crippen molar-refractivity contribution in [1.29, 1.82) is 0 Å². The third kappa shape index (κ3) is 3.85. The number of halogens is 1. The fourth-order valence-corrected chi connectivity index (χ4v) is 3.82. The van der Waals surface area contributed by atoms with Crippen LogP contribution in [0.1, 0.15) is 18.4 Å². The molecule has 3 N–H and O–H groups in total. The van der Waals surface area contributed by atoms with E-state index in [4.69, 9.17) is 5.73 Å². The number of nitrogen functional groups attached to an aromatic ring is 1. The molecule has 1 aliphatic carbocycles. The Labute approximate surface area is 172 Å². The molecule has 2 aromatic rings. The molecule has 146 valence electrons. The standard InChI is InChI=1S/C21H23BrN4O2/c1-25-19(27)12-26(21(25)28)11-14-3-2-4-15(7-14)16-8-17(22)20(23)18(9-16)24-10-13-5-6-13/h2-4,7-9,13,24H,5-6,10-12,23H2,1H3. The minimum Gasteiger partial charge on any atom is -0.396 e. The van der Waals surface area contributed by atoms with Crippen LogP contribution in [0.25, 0.3) is 11.1 Å². The molecule has 0 atom stereocenters. The third-order valence-electron chi connectivity index (χ3n) is 5.30. The van der Waals surface area contributed by atoms with Crippen molar-refractivity contribution in [1.82, 2.24) is 9.80 Å². The quantitative estimate of drug-likeness (QED) is 0.524. The highest BCUT2D eigenvalue weighted by atomic mass is 79.9. The van der Waals surface area contributed by atoms with Gasteiger partial charge in [0.25, 0.3) is 0 Å². The summed E-state index contributed by atoms with van der Waals surface area (Å²) >= 11 is 3.57. The lowest BCUT2D eigenvalue weighted by Crippen LogP contribution is -2.29. The van der Waals surface area contributed by atoms with Gasteiger partial charge in [-0.2, -0.15) is 0 Å². The SMILES string of the molecule is CN1C(=O)CN(Cc2cccc(-c3cc(Br)c(N)c(NCC4CC4)c3)c2)C1=O. The fourth-order valence-electron chi connectivity index (χ4n) is 3.36. The zero-order chi connectivity index (χ0) is 19.8. The van der Waals surface area contributed by atoms with Gasteiger partial charge in [0.1, 0.15) is 6.54 Å². The number of amides is 3. The maximum Gasteiger partial charge on any atom is 0.327 e. The number of carbonyl (C=O) groups is 2. The van der Waals surface area contributed by atoms with Gasteiger partial charge in [-0.15, -0.1) is 0 Å². The smallest absolute Gasteiger partial charge is 0.327 e. The summed E-state index contributed by atoms with van der Waals surface area (Å²) in [5.41, 5.74) is 10.9. The number of rotatable bonds is 6. The largest absolute Gasteiger partial charge is 0.396 e. The van der Waals surface area contributed by atoms with Gasteiger partial charge in [-0.1, -0.05) is 18.2 Å². The van der Waals surface area contributed by atoms with E-state index in [9.17, 15) is 9.59 Å². The lowest BCUT2D eigenvalue weighted by molar-refractivity contribution is -0.124. The van der Waals surface area contributed by atoms with Gasteiger partial charge >= 0.3 is 6.03 Å². The van der Waals surface area contributed by atoms with E-state index in [1.165, 1.54) is 24.8 Å². The topological polar surface area (TPSA) is 78.7 Å². The predicted octanol–water partition coefficient (Wildman–Crippen LogP) is 3.91. The van der Waals surface area contributed by atoms with Crippen LogP contribution in [0.5, 0.6) is 0 Å². The average Bonchev–Trinajstić information content (AvgIpc) is 3.48. The molecular formula is C21H23BrN4O2. The molecule has 0 radical (unpaired) electrons. The third-order valence-corrected chi connectivity index (χ3v) is 5.96. The van der Waals surface area contributed by atoms with E-state index in [-0.39, 0.29) is 18.5 Å². The second-order valence-corrected chi connectivity index (χ2v) is 8.39. The summed E-state index contributed by atoms with van der Waals surface area (Å²) in [5.74, 6) is 0.582. The van der Waals surface area contributed by atoms with Gasteiger partial charge in [0.05, 0.1) is 11.4 Å². The zero-order valence-corrected chi connectivity index (χ0v) is 17.3. The number of nitrogens with two attached hydrogens (primary N) is 1. The van der Waals surface area contributed by atoms with E-state index in [1.807, 2.05) is 24.3 Å². The van der Waals surface area contributed by atoms with E-state index < -0.39 is 0 Å². The van der Waals surface area contributed by atoms with Crippen LogP contribution in [0.3, 0.4) is 0 Å². The van der Waals surface area contributed by atoms with Crippen molar-refractivity contribution in [2.24, 2.45) is 5.92 Å². The maximum absolute atomic E-state index is 12.1. The summed E-state index contributed by atoms with van der Waals surface area (Å²) in [6.07, 6.45) is 2.56. The Morgan fingerprint density at radius 3 is 2.64 bits per heavy atom. The predicted molar refractivity (Wildman–Crippen MR) is 114 cm³/mol. The van der Waals surface area contributed by atoms with Gasteiger partial charge in [-0.05, 0) is 69.6 Å². The Balaban J connectivity index is 1.57. The van der Waals surface area contributed by atoms with Gasteiger partial charge in [0.2, 0.25) is 5.91 Å². The molecule has 2 aromatic carbocycles. The number of benzene rings is 2. The molecular weight excluding hydrogens is 420 g/mol. The van der Waals surface area contributed by atoms with Crippen molar-refractivity contribution in [3.63, 3.8) is 0 Å². The number of carbonyl (C=O) groups excluding carboxylic acids is 2. The molecule has 6 nitrogen and oxygen atoms in total. The second-order valence-electron chi connectivity index (χ2n) is 7.54. The first-order valence-corrected chi connectivity index (χ1v) is 10.2. The summed E-state index contributed by atoms with van der Waals surface area (Å²) in [5, 5.41) is 3.46. The number of imide groups is 1. The normalized spacial score (nSPS) is 16.8. The van der Waals surface area contributed by atoms with Crippen molar-refractivity contribution in [3.8, 4) is 11.1 Å². The van der Waals surface area contributed by atoms with Crippen LogP contribution in [0.15, 0.2) is 40.9 Å². The summed E-state index contributed by atoms with van der Waals surface area (Å²) in [4.78, 5) is 26.6. The van der Waals surface area contributed by atoms with Crippen molar-refractivity contribution in [2.45, 2.75) is 19.4 Å². The molecule has 1 aliphatic heterocycles. The van der Waals surface area contributed by atoms with Crippen molar-refractivity contribution >= 4 is 39.2 Å². The van der Waals surface area contributed by atoms with Crippen LogP contribution < -0.4 is 11.1 Å². The summed E-state index contributed by atoms with van der Waals surface area (Å²) < 4.78 is 0.857. The molecule has 1 saturated heterocycles. The van der Waals surface area contributed by atoms with E-state index >= 15 is 0 Å². The Morgan fingerprint density at radius 1 is 1.18 bits per heavy atom. The van der Waals surface area contributed by atoms with Crippen LogP contribution >= 0.6 is 15.9 Å². The molecule has 28 heavy (non-hydrogen) atoms. The van der Waals surface area contributed by atoms with Crippen LogP contribution in [-0.2, 0) is 11.3 Å². The Morgan fingerprint density at radius 2 is 1.96 bits per heavy atom. The van der Waals surface area contributed by atoms with Crippen molar-refractivity contribution in [3.05, 3.63) is 46.4 Å². The molecule has 0 bridgehead atoms. The Bertz CT molecular complexity index is 942. The molecule has 1 saturated carbocycles. The Hall–Kier alpha value is -2.54. The molecule has 2 aliphatic rings. The van der Waals surface area contributed by atoms with Crippen molar-refractivity contribution < 1.29 is 9.59 Å². The van der Waals surface area contributed by atoms with E-state index in [0.29, 0.717) is 12.2 Å². The number of likely N-dealkylation sites (N-methyl/N-ethyl adjacent to an activating group) is 1. The molecule has 3 amide bonds. The zero-order valence-electron chi connectivity index (χ0n) is 15.7. The number of nitrogens with one attached hydrogen (secondary N) is 1. The number of hydrogen-bond acceptors (Lipinski definition) is 4. The first-order chi connectivity index (χ1) is 13.4. The van der Waals surface area contributed by atoms with Gasteiger partial charge in [-0.3, -0.25) is 9.69 Å². The average molecular weight is 443 g/mol. The minimum atomic E-state index is -0.253. The van der Waals surface area contributed by atoms with E-state index in [2.05, 4.69) is 33.4 Å². The summed E-state index contributed by atoms with van der Waals surface area (Å²) in [6.45, 7) is 1.48. The molecule has 0 aromatic heterocycles. The van der Waals surface area contributed by atoms with Crippen molar-refractivity contribution in [2.75, 3.05) is 31.2 Å². The minimum absolute atomic E-state index is 0.127. The highest BCUT2D eigenvalue weighted by Gasteiger charge is 2.32. The monoisotopic (exact) mass is 442 g/mol. The number of anilines is 2. The number of nitrogens with zero attached hydrogens (tertiary/aromatic N) is 2. The van der Waals surface area contributed by atoms with Gasteiger partial charge in [0, 0.05) is 24.6 Å². The maximum atomic E-state index is 12.1. The van der Waals surface area contributed by atoms with Crippen LogP contribution in [0, 0.1) is 5.92 Å². The molecule has 2 fully saturated rings. The first-order valence-electron chi connectivity index (χ1n) is 9.40. The number of hydrogen-bond donors (Lipinski definition) is 2. The van der Waals surface area contributed by atoms with Gasteiger partial charge in [-0.25, -0.2) is 4.79 Å². The number of urea groups is 1. The summed E-state index contributed by atoms with van der Waals surface area (Å²) in [7, 11) is 1.52. The van der Waals surface area contributed by atoms with Crippen LogP contribution in [-0.4, -0.2) is 41.9 Å². The Kier molecular flexibility index (Phi) is 5.02. The fraction of sp³-hybridized carbons (Fsp3) is 0.333. The highest BCUT2D eigenvalue weighted by Crippen LogP contribution is 2.36. The van der Waals surface area contributed by atoms with Crippen LogP contribution in [0.4, 0.5) is 16.2 Å². The molecule has 0 unspecified atom stereocenters. The lowest BCUT2D eigenvalue weighted by atomic mass is 10.0. The molecule has 4 rings (SSSR count). The van der Waals surface area contributed by atoms with Gasteiger partial charge in [0.15, 0.2) is 0 Å². The highest BCUT2D eigenvalue weighted by molar-refractivity contribution is 9.10. The van der Waals surface area contributed by atoms with E-state index in [0.717, 1.165) is 39.3 Å². The van der Waals surface area contributed by atoms with Crippen LogP contribution in [0.2, 0.25) is 0 Å². The first kappa shape index (κ1) is 18.8. The van der Waals surface area contributed by atoms with Gasteiger partial charge < -0.3 is 16.0 Å². The molecule has 7 heteroatoms. The second kappa shape index (κ2) is 7.47. The lowest BCUT2D eigenvalue weighted by Gasteiger charge is -2.16.